The van der Waals surface area contributed by atoms with Gasteiger partial charge in [-0.05, 0) is 51.3 Å². The van der Waals surface area contributed by atoms with Gasteiger partial charge in [-0.2, -0.15) is 0 Å². The summed E-state index contributed by atoms with van der Waals surface area (Å²) in [7, 11) is 5.95. The largest absolute Gasteiger partial charge is 0.495 e. The van der Waals surface area contributed by atoms with Crippen LogP contribution in [-0.4, -0.2) is 254 Å². The molecule has 0 aliphatic carbocycles. The predicted molar refractivity (Wildman–Crippen MR) is 340 cm³/mol. The van der Waals surface area contributed by atoms with Crippen LogP contribution >= 0.6 is 23.4 Å². The van der Waals surface area contributed by atoms with Crippen molar-refractivity contribution >= 4 is 64.8 Å². The molecule has 0 unspecified atom stereocenters. The van der Waals surface area contributed by atoms with Crippen molar-refractivity contribution in [1.29, 1.82) is 0 Å². The number of carbonyl (C=O) groups is 6. The lowest BCUT2D eigenvalue weighted by Crippen LogP contribution is -2.63. The normalized spacial score (nSPS) is 22.0. The maximum Gasteiger partial charge on any atom is 0.409 e. The van der Waals surface area contributed by atoms with Crippen LogP contribution in [0, 0.1) is 5.92 Å². The van der Waals surface area contributed by atoms with E-state index in [0.29, 0.717) is 121 Å². The molecule has 2 saturated heterocycles. The molecule has 1 aromatic carbocycles. The highest BCUT2D eigenvalue weighted by molar-refractivity contribution is 8.01. The molecule has 4 bridgehead atoms. The molecule has 5 N–H and O–H groups in total. The van der Waals surface area contributed by atoms with Gasteiger partial charge in [-0.3, -0.25) is 19.7 Å². The molecule has 0 saturated carbocycles. The number of carbonyl (C=O) groups excluding carboxylic acids is 6. The Balaban J connectivity index is 0.917. The van der Waals surface area contributed by atoms with E-state index in [0.717, 1.165) is 11.1 Å². The number of epoxide rings is 1. The Kier molecular flexibility index (Phi) is 32.9. The van der Waals surface area contributed by atoms with E-state index in [9.17, 15) is 44.1 Å². The standard InChI is InChI=1S/C63H96ClN5O23S/c1-42-12-11-13-49(80-10)63(78)40-48(89-60(77)66-63)43(2)58-62(6,91-58)50(39-55(74)68(8)46-37-45(36-42)38-47(79-9)57(46)64)90-59(76)44(3)67(7)52(71)16-18-61(4,5)93-41-51(70)65-19-21-82-23-25-84-27-29-86-31-33-88-35-34-87-32-30-85-28-26-83-24-22-81-20-17-56(75)92-69-53(72)14-15-54(69)73/h11-15,37-38,43-44,48-50,58,72-73,78H,16-36,39-41H2,1-10H3,(H,65,70)(H,66,77)/t43-,44+,48+,49-,50+,58+,62+,63+/m1/s1. The Morgan fingerprint density at radius 3 is 1.96 bits per heavy atom. The molecule has 4 amide bonds. The van der Waals surface area contributed by atoms with Crippen molar-refractivity contribution in [3.8, 4) is 17.5 Å². The number of halogens is 1. The van der Waals surface area contributed by atoms with Crippen LogP contribution in [0.25, 0.3) is 0 Å². The van der Waals surface area contributed by atoms with Crippen molar-refractivity contribution < 1.29 is 111 Å². The van der Waals surface area contributed by atoms with Gasteiger partial charge in [0.1, 0.15) is 40.7 Å². The van der Waals surface area contributed by atoms with Crippen molar-refractivity contribution in [2.45, 2.75) is 127 Å². The number of nitrogens with one attached hydrogen (secondary N) is 2. The molecule has 524 valence electrons. The lowest BCUT2D eigenvalue weighted by Gasteiger charge is -2.42. The summed E-state index contributed by atoms with van der Waals surface area (Å²) in [5.74, 6) is -3.38. The minimum Gasteiger partial charge on any atom is -0.495 e. The number of esters is 1. The molecule has 2 fully saturated rings. The number of alkyl carbamates (subject to hydrolysis) is 1. The number of allylic oxidation sites excluding steroid dienone is 3. The van der Waals surface area contributed by atoms with Crippen molar-refractivity contribution in [3.63, 3.8) is 0 Å². The van der Waals surface area contributed by atoms with Crippen molar-refractivity contribution in [3.05, 3.63) is 58.7 Å². The lowest BCUT2D eigenvalue weighted by molar-refractivity contribution is -0.162. The van der Waals surface area contributed by atoms with E-state index in [1.165, 1.54) is 61.9 Å². The number of aromatic hydroxyl groups is 2. The molecule has 0 radical (unpaired) electrons. The number of hydrogen-bond acceptors (Lipinski definition) is 24. The molecule has 3 aliphatic rings. The first-order valence-corrected chi connectivity index (χ1v) is 32.4. The number of nitrogens with zero attached hydrogens (tertiary/aromatic N) is 3. The fourth-order valence-corrected chi connectivity index (χ4v) is 11.1. The average molecular weight is 1360 g/mol. The van der Waals surface area contributed by atoms with Crippen LogP contribution in [0.15, 0.2) is 48.1 Å². The first-order chi connectivity index (χ1) is 44.3. The number of amides is 4. The van der Waals surface area contributed by atoms with Gasteiger partial charge in [0.25, 0.3) is 0 Å². The minimum absolute atomic E-state index is 0.0565. The van der Waals surface area contributed by atoms with Crippen molar-refractivity contribution in [2.75, 3.05) is 151 Å². The Bertz CT molecular complexity index is 2750. The summed E-state index contributed by atoms with van der Waals surface area (Å²) >= 11 is 8.23. The van der Waals surface area contributed by atoms with Gasteiger partial charge >= 0.3 is 18.0 Å². The highest BCUT2D eigenvalue weighted by atomic mass is 35.5. The molecule has 2 aromatic rings. The van der Waals surface area contributed by atoms with Gasteiger partial charge in [0.05, 0.1) is 143 Å². The number of hydrogen-bond donors (Lipinski definition) is 5. The van der Waals surface area contributed by atoms with Crippen LogP contribution in [0.3, 0.4) is 0 Å². The molecule has 0 spiro atoms. The number of fused-ring (bicyclic) bond motifs is 5. The third-order valence-corrected chi connectivity index (χ3v) is 17.4. The summed E-state index contributed by atoms with van der Waals surface area (Å²) in [4.78, 5) is 87.4. The van der Waals surface area contributed by atoms with E-state index in [2.05, 4.69) is 10.6 Å². The fraction of sp³-hybridized carbons (Fsp3) is 0.683. The lowest BCUT2D eigenvalue weighted by atomic mass is 9.83. The molecule has 4 heterocycles. The summed E-state index contributed by atoms with van der Waals surface area (Å²) in [6, 6.07) is 4.84. The van der Waals surface area contributed by atoms with E-state index in [4.69, 9.17) is 78.0 Å². The summed E-state index contributed by atoms with van der Waals surface area (Å²) < 4.78 is 73.6. The summed E-state index contributed by atoms with van der Waals surface area (Å²) in [5, 5.41) is 36.4. The Labute approximate surface area is 553 Å². The average Bonchev–Trinajstić information content (AvgIpc) is 1.58. The van der Waals surface area contributed by atoms with Crippen molar-refractivity contribution in [2.24, 2.45) is 5.92 Å². The zero-order valence-corrected chi connectivity index (χ0v) is 56.7. The van der Waals surface area contributed by atoms with E-state index in [1.54, 1.807) is 45.2 Å². The molecular formula is C63H96ClN5O23S. The predicted octanol–water partition coefficient (Wildman–Crippen LogP) is 4.31. The number of ether oxygens (including phenoxy) is 13. The maximum absolute atomic E-state index is 14.4. The van der Waals surface area contributed by atoms with Crippen LogP contribution in [0.5, 0.6) is 17.5 Å². The quantitative estimate of drug-likeness (QED) is 0.0354. The van der Waals surface area contributed by atoms with Crippen LogP contribution in [0.1, 0.15) is 79.2 Å². The number of anilines is 1. The van der Waals surface area contributed by atoms with Gasteiger partial charge in [0, 0.05) is 63.4 Å². The number of aromatic nitrogens is 1. The first-order valence-electron chi connectivity index (χ1n) is 31.0. The van der Waals surface area contributed by atoms with Gasteiger partial charge in [0.15, 0.2) is 5.72 Å². The number of aliphatic hydroxyl groups is 1. The Morgan fingerprint density at radius 1 is 0.860 bits per heavy atom. The van der Waals surface area contributed by atoms with Crippen molar-refractivity contribution in [1.82, 2.24) is 20.3 Å². The molecule has 3 aliphatic heterocycles. The topological polar surface area (TPSA) is 331 Å². The highest BCUT2D eigenvalue weighted by Gasteiger charge is 2.64. The van der Waals surface area contributed by atoms with E-state index in [1.807, 2.05) is 26.8 Å². The smallest absolute Gasteiger partial charge is 0.409 e. The molecule has 8 atom stereocenters. The maximum atomic E-state index is 14.4. The second kappa shape index (κ2) is 39.3. The SMILES string of the molecule is COc1cc2cc(c1Cl)N(C)C(=O)C[C@H](OC(=O)[C@H](C)N(C)C(=O)CCC(C)(C)SCC(=O)NCCOCCOCCOCCOCCOCCOCCOCCOCCC(=O)On1c(O)ccc1O)[C@]1(C)O[C@H]1[C@H](C)[C@@H]1C[C@@](O)(NC(=O)O1)[C@H](OC)C=CC=C(C)C2. The van der Waals surface area contributed by atoms with Gasteiger partial charge in [-0.25, -0.2) is 14.4 Å². The highest BCUT2D eigenvalue weighted by Crippen LogP contribution is 2.49. The third kappa shape index (κ3) is 25.7. The van der Waals surface area contributed by atoms with Crippen LogP contribution in [0.2, 0.25) is 5.02 Å². The number of benzene rings is 1. The van der Waals surface area contributed by atoms with Crippen LogP contribution < -0.4 is 25.1 Å². The Hall–Kier alpha value is -5.80. The van der Waals surface area contributed by atoms with E-state index < -0.39 is 88.1 Å². The van der Waals surface area contributed by atoms with Gasteiger partial charge in [-0.15, -0.1) is 16.5 Å². The number of rotatable bonds is 39. The number of likely N-dealkylation sites (N-methyl/N-ethyl adjacent to an activating group) is 1. The second-order valence-electron chi connectivity index (χ2n) is 23.3. The molecular weight excluding hydrogens is 1260 g/mol. The van der Waals surface area contributed by atoms with Crippen LogP contribution in [0.4, 0.5) is 10.5 Å². The molecule has 28 nitrogen and oxygen atoms in total. The van der Waals surface area contributed by atoms with Gasteiger partial charge in [-0.1, -0.05) is 56.2 Å². The number of methoxy groups -OCH3 is 2. The molecule has 1 aromatic heterocycles. The zero-order chi connectivity index (χ0) is 68.1. The van der Waals surface area contributed by atoms with Gasteiger partial charge < -0.3 is 96.9 Å². The minimum atomic E-state index is -1.88. The van der Waals surface area contributed by atoms with Gasteiger partial charge in [0.2, 0.25) is 29.5 Å². The summed E-state index contributed by atoms with van der Waals surface area (Å²) in [6.45, 7) is 16.6. The Morgan fingerprint density at radius 2 is 1.41 bits per heavy atom. The fourth-order valence-electron chi connectivity index (χ4n) is 9.89. The first kappa shape index (κ1) is 77.9. The molecule has 5 rings (SSSR count). The monoisotopic (exact) mass is 1360 g/mol. The van der Waals surface area contributed by atoms with E-state index in [-0.39, 0.29) is 68.1 Å². The summed E-state index contributed by atoms with van der Waals surface area (Å²) in [6.07, 6.45) is 0.857. The number of thioether (sulfide) groups is 1. The third-order valence-electron chi connectivity index (χ3n) is 15.7. The molecule has 30 heteroatoms. The van der Waals surface area contributed by atoms with E-state index >= 15 is 0 Å². The van der Waals surface area contributed by atoms with Crippen LogP contribution in [-0.2, 0) is 87.2 Å². The molecule has 93 heavy (non-hydrogen) atoms. The second-order valence-corrected chi connectivity index (χ2v) is 25.3. The summed E-state index contributed by atoms with van der Waals surface area (Å²) in [5.41, 5.74) is -1.14. The zero-order valence-electron chi connectivity index (χ0n) is 55.1.